The number of thioether (sulfide) groups is 1. The maximum atomic E-state index is 12.6. The molecule has 2 aromatic heterocycles. The molecule has 1 aliphatic heterocycles. The first-order valence-electron chi connectivity index (χ1n) is 9.46. The van der Waals surface area contributed by atoms with E-state index < -0.39 is 0 Å². The summed E-state index contributed by atoms with van der Waals surface area (Å²) in [5.74, 6) is -0.242. The number of amides is 1. The lowest BCUT2D eigenvalue weighted by atomic mass is 10.0. The minimum Gasteiger partial charge on any atom is -0.462 e. The van der Waals surface area contributed by atoms with E-state index >= 15 is 0 Å². The molecule has 1 unspecified atom stereocenters. The molecule has 1 atom stereocenters. The smallest absolute Gasteiger partial charge is 0.341 e. The first-order valence-corrected chi connectivity index (χ1v) is 12.1. The van der Waals surface area contributed by atoms with Gasteiger partial charge in [-0.1, -0.05) is 23.9 Å². The molecule has 0 fully saturated rings. The van der Waals surface area contributed by atoms with E-state index in [1.807, 2.05) is 24.3 Å². The van der Waals surface area contributed by atoms with E-state index in [1.165, 1.54) is 28.0 Å². The number of hydrogen-bond donors (Lipinski definition) is 2. The van der Waals surface area contributed by atoms with Gasteiger partial charge in [0.05, 0.1) is 46.6 Å². The van der Waals surface area contributed by atoms with Crippen LogP contribution in [-0.4, -0.2) is 42.8 Å². The van der Waals surface area contributed by atoms with Crippen LogP contribution in [0.2, 0.25) is 0 Å². The van der Waals surface area contributed by atoms with Gasteiger partial charge in [0.25, 0.3) is 0 Å². The molecule has 3 aromatic rings. The summed E-state index contributed by atoms with van der Waals surface area (Å²) in [6, 6.07) is 7.93. The standard InChI is InChI=1S/C20H21N3O3S3/c1-3-26-19(25)17-12-8-9-23(2)10-15(12)28-18(17)22-16(24)11-27-20-21-13-6-4-5-7-14(13)29-20/h4-7H,3,8-11H2,1-2H3,(H,22,24)/p+1. The van der Waals surface area contributed by atoms with Crippen LogP contribution in [0.5, 0.6) is 0 Å². The summed E-state index contributed by atoms with van der Waals surface area (Å²) in [7, 11) is 2.14. The molecule has 4 rings (SSSR count). The molecule has 0 saturated carbocycles. The number of quaternary nitrogens is 1. The van der Waals surface area contributed by atoms with Crippen molar-refractivity contribution in [2.24, 2.45) is 0 Å². The molecule has 152 valence electrons. The molecule has 3 heterocycles. The van der Waals surface area contributed by atoms with Crippen molar-refractivity contribution in [3.05, 3.63) is 40.3 Å². The highest BCUT2D eigenvalue weighted by atomic mass is 32.2. The Hall–Kier alpha value is -1.94. The van der Waals surface area contributed by atoms with Crippen LogP contribution >= 0.6 is 34.4 Å². The average molecular weight is 449 g/mol. The summed E-state index contributed by atoms with van der Waals surface area (Å²) in [4.78, 5) is 32.3. The minimum atomic E-state index is -0.348. The molecule has 1 aromatic carbocycles. The topological polar surface area (TPSA) is 72.7 Å². The van der Waals surface area contributed by atoms with Gasteiger partial charge in [0.1, 0.15) is 11.5 Å². The molecule has 9 heteroatoms. The van der Waals surface area contributed by atoms with E-state index in [0.717, 1.165) is 44.5 Å². The Labute approximate surface area is 181 Å². The largest absolute Gasteiger partial charge is 0.462 e. The average Bonchev–Trinajstić information content (AvgIpc) is 3.26. The van der Waals surface area contributed by atoms with E-state index in [4.69, 9.17) is 4.74 Å². The molecule has 1 amide bonds. The zero-order chi connectivity index (χ0) is 20.4. The van der Waals surface area contributed by atoms with E-state index in [2.05, 4.69) is 17.3 Å². The van der Waals surface area contributed by atoms with Gasteiger partial charge in [-0.15, -0.1) is 22.7 Å². The van der Waals surface area contributed by atoms with Crippen LogP contribution in [0.1, 0.15) is 27.7 Å². The quantitative estimate of drug-likeness (QED) is 0.448. The molecular formula is C20H22N3O3S3+. The molecule has 0 spiro atoms. The van der Waals surface area contributed by atoms with Crippen LogP contribution in [0.15, 0.2) is 28.6 Å². The van der Waals surface area contributed by atoms with Crippen molar-refractivity contribution < 1.29 is 19.2 Å². The van der Waals surface area contributed by atoms with Gasteiger partial charge in [0.2, 0.25) is 5.91 Å². The van der Waals surface area contributed by atoms with Gasteiger partial charge in [0, 0.05) is 6.42 Å². The fourth-order valence-electron chi connectivity index (χ4n) is 3.33. The lowest BCUT2D eigenvalue weighted by molar-refractivity contribution is -0.895. The summed E-state index contributed by atoms with van der Waals surface area (Å²) in [5, 5.41) is 3.56. The number of nitrogens with zero attached hydrogens (tertiary/aromatic N) is 1. The highest BCUT2D eigenvalue weighted by Crippen LogP contribution is 2.36. The molecular weight excluding hydrogens is 426 g/mol. The SMILES string of the molecule is CCOC(=O)c1c(NC(=O)CSc2nc3ccccc3s2)sc2c1CC[NH+](C)C2. The first kappa shape index (κ1) is 20.3. The van der Waals surface area contributed by atoms with Crippen LogP contribution in [0.4, 0.5) is 5.00 Å². The van der Waals surface area contributed by atoms with Gasteiger partial charge in [-0.25, -0.2) is 9.78 Å². The molecule has 1 aliphatic rings. The van der Waals surface area contributed by atoms with Crippen molar-refractivity contribution in [2.75, 3.05) is 31.3 Å². The van der Waals surface area contributed by atoms with Gasteiger partial charge < -0.3 is 15.0 Å². The number of likely N-dealkylation sites (N-methyl/N-ethyl adjacent to an activating group) is 1. The van der Waals surface area contributed by atoms with Gasteiger partial charge in [0.15, 0.2) is 4.34 Å². The highest BCUT2D eigenvalue weighted by Gasteiger charge is 2.30. The van der Waals surface area contributed by atoms with Crippen molar-refractivity contribution >= 4 is 61.5 Å². The normalized spacial score (nSPS) is 15.9. The van der Waals surface area contributed by atoms with Crippen molar-refractivity contribution in [3.63, 3.8) is 0 Å². The molecule has 29 heavy (non-hydrogen) atoms. The summed E-state index contributed by atoms with van der Waals surface area (Å²) in [5.41, 5.74) is 2.52. The Balaban J connectivity index is 1.48. The number of ether oxygens (including phenoxy) is 1. The number of rotatable bonds is 6. The predicted octanol–water partition coefficient (Wildman–Crippen LogP) is 2.84. The number of para-hydroxylation sites is 1. The van der Waals surface area contributed by atoms with Crippen molar-refractivity contribution in [1.82, 2.24) is 4.98 Å². The Morgan fingerprint density at radius 1 is 1.31 bits per heavy atom. The number of carbonyl (C=O) groups is 2. The third-order valence-corrected chi connectivity index (χ3v) is 8.02. The number of thiophene rings is 1. The van der Waals surface area contributed by atoms with E-state index in [1.54, 1.807) is 18.3 Å². The molecule has 0 radical (unpaired) electrons. The number of hydrogen-bond acceptors (Lipinski definition) is 7. The molecule has 0 aliphatic carbocycles. The zero-order valence-corrected chi connectivity index (χ0v) is 18.7. The maximum Gasteiger partial charge on any atom is 0.341 e. The summed E-state index contributed by atoms with van der Waals surface area (Å²) < 4.78 is 7.23. The van der Waals surface area contributed by atoms with E-state index in [-0.39, 0.29) is 17.6 Å². The van der Waals surface area contributed by atoms with E-state index in [0.29, 0.717) is 17.2 Å². The highest BCUT2D eigenvalue weighted by molar-refractivity contribution is 8.01. The number of aromatic nitrogens is 1. The van der Waals surface area contributed by atoms with Crippen molar-refractivity contribution in [2.45, 2.75) is 24.2 Å². The van der Waals surface area contributed by atoms with Gasteiger partial charge >= 0.3 is 5.97 Å². The second-order valence-corrected chi connectivity index (χ2v) is 10.2. The number of carbonyl (C=O) groups excluding carboxylic acids is 2. The fraction of sp³-hybridized carbons (Fsp3) is 0.350. The zero-order valence-electron chi connectivity index (χ0n) is 16.2. The number of fused-ring (bicyclic) bond motifs is 2. The fourth-order valence-corrected chi connectivity index (χ4v) is 6.56. The minimum absolute atomic E-state index is 0.140. The molecule has 0 saturated heterocycles. The Bertz CT molecular complexity index is 1030. The third-order valence-electron chi connectivity index (χ3n) is 4.69. The summed E-state index contributed by atoms with van der Waals surface area (Å²) in [6.45, 7) is 3.94. The van der Waals surface area contributed by atoms with Crippen molar-refractivity contribution in [1.29, 1.82) is 0 Å². The lowest BCUT2D eigenvalue weighted by Gasteiger charge is -2.19. The van der Waals surface area contributed by atoms with E-state index in [9.17, 15) is 9.59 Å². The Kier molecular flexibility index (Phi) is 6.19. The molecule has 6 nitrogen and oxygen atoms in total. The molecule has 0 bridgehead atoms. The predicted molar refractivity (Wildman–Crippen MR) is 118 cm³/mol. The number of thiazole rings is 1. The monoisotopic (exact) mass is 448 g/mol. The maximum absolute atomic E-state index is 12.6. The Morgan fingerprint density at radius 2 is 2.14 bits per heavy atom. The van der Waals surface area contributed by atoms with Crippen LogP contribution in [0.3, 0.4) is 0 Å². The second-order valence-electron chi connectivity index (χ2n) is 6.85. The third kappa shape index (κ3) is 4.48. The number of esters is 1. The van der Waals surface area contributed by atoms with Crippen LogP contribution in [0, 0.1) is 0 Å². The Morgan fingerprint density at radius 3 is 2.93 bits per heavy atom. The number of anilines is 1. The summed E-state index contributed by atoms with van der Waals surface area (Å²) in [6.07, 6.45) is 0.822. The molecule has 2 N–H and O–H groups in total. The number of benzene rings is 1. The van der Waals surface area contributed by atoms with Crippen molar-refractivity contribution in [3.8, 4) is 0 Å². The number of nitrogens with one attached hydrogen (secondary N) is 2. The summed E-state index contributed by atoms with van der Waals surface area (Å²) >= 11 is 4.49. The van der Waals surface area contributed by atoms with Gasteiger partial charge in [-0.05, 0) is 24.6 Å². The second kappa shape index (κ2) is 8.83. The lowest BCUT2D eigenvalue weighted by Crippen LogP contribution is -3.08. The first-order chi connectivity index (χ1) is 14.0. The van der Waals surface area contributed by atoms with Crippen LogP contribution in [0.25, 0.3) is 10.2 Å². The van der Waals surface area contributed by atoms with Gasteiger partial charge in [-0.2, -0.15) is 0 Å². The van der Waals surface area contributed by atoms with Crippen LogP contribution < -0.4 is 10.2 Å². The van der Waals surface area contributed by atoms with Crippen LogP contribution in [-0.2, 0) is 22.5 Å². The van der Waals surface area contributed by atoms with Gasteiger partial charge in [-0.3, -0.25) is 4.79 Å².